The van der Waals surface area contributed by atoms with Gasteiger partial charge in [-0.05, 0) is 18.6 Å². The molecule has 0 saturated carbocycles. The third-order valence-corrected chi connectivity index (χ3v) is 3.25. The van der Waals surface area contributed by atoms with Crippen LogP contribution in [0.4, 0.5) is 5.69 Å². The molecule has 0 aromatic heterocycles. The minimum absolute atomic E-state index is 0.284. The molecule has 0 bridgehead atoms. The Labute approximate surface area is 112 Å². The molecule has 2 rings (SSSR count). The van der Waals surface area contributed by atoms with E-state index in [1.807, 2.05) is 24.0 Å². The smallest absolute Gasteiger partial charge is 0.330 e. The number of hydrogen-bond acceptors (Lipinski definition) is 5. The minimum Gasteiger partial charge on any atom is -0.467 e. The molecule has 1 saturated heterocycles. The van der Waals surface area contributed by atoms with Crippen molar-refractivity contribution in [3.63, 3.8) is 0 Å². The van der Waals surface area contributed by atoms with Gasteiger partial charge >= 0.3 is 5.97 Å². The fourth-order valence-corrected chi connectivity index (χ4v) is 2.33. The molecule has 1 unspecified atom stereocenters. The predicted molar refractivity (Wildman–Crippen MR) is 69.9 cm³/mol. The predicted octanol–water partition coefficient (Wildman–Crippen LogP) is 1.24. The van der Waals surface area contributed by atoms with Crippen molar-refractivity contribution in [2.75, 3.05) is 31.8 Å². The number of morpholine rings is 1. The van der Waals surface area contributed by atoms with Gasteiger partial charge in [0.2, 0.25) is 0 Å². The van der Waals surface area contributed by atoms with E-state index in [4.69, 9.17) is 9.47 Å². The van der Waals surface area contributed by atoms with Crippen LogP contribution in [0.1, 0.15) is 11.1 Å². The van der Waals surface area contributed by atoms with Crippen molar-refractivity contribution in [2.24, 2.45) is 0 Å². The molecule has 100 valence electrons. The van der Waals surface area contributed by atoms with Gasteiger partial charge < -0.3 is 14.4 Å². The van der Waals surface area contributed by atoms with Crippen molar-refractivity contribution >= 4 is 11.7 Å². The van der Waals surface area contributed by atoms with Gasteiger partial charge in [0.15, 0.2) is 6.04 Å². The normalized spacial score (nSPS) is 18.8. The summed E-state index contributed by atoms with van der Waals surface area (Å²) in [5.41, 5.74) is 2.33. The van der Waals surface area contributed by atoms with Crippen molar-refractivity contribution in [1.82, 2.24) is 0 Å². The molecule has 1 heterocycles. The van der Waals surface area contributed by atoms with Crippen LogP contribution in [0, 0.1) is 18.3 Å². The van der Waals surface area contributed by atoms with E-state index >= 15 is 0 Å². The van der Waals surface area contributed by atoms with Crippen LogP contribution in [0.15, 0.2) is 18.2 Å². The van der Waals surface area contributed by atoms with E-state index in [1.54, 1.807) is 6.07 Å². The van der Waals surface area contributed by atoms with Gasteiger partial charge in [-0.25, -0.2) is 4.79 Å². The fraction of sp³-hybridized carbons (Fsp3) is 0.429. The summed E-state index contributed by atoms with van der Waals surface area (Å²) in [6.45, 7) is 3.32. The van der Waals surface area contributed by atoms with E-state index in [0.29, 0.717) is 18.7 Å². The van der Waals surface area contributed by atoms with Gasteiger partial charge in [0.25, 0.3) is 0 Å². The van der Waals surface area contributed by atoms with Gasteiger partial charge in [-0.2, -0.15) is 5.26 Å². The quantitative estimate of drug-likeness (QED) is 0.749. The van der Waals surface area contributed by atoms with Crippen molar-refractivity contribution in [3.05, 3.63) is 29.3 Å². The van der Waals surface area contributed by atoms with E-state index < -0.39 is 6.04 Å². The highest BCUT2D eigenvalue weighted by Gasteiger charge is 2.32. The van der Waals surface area contributed by atoms with Crippen LogP contribution in [0.25, 0.3) is 0 Å². The van der Waals surface area contributed by atoms with Gasteiger partial charge in [0.05, 0.1) is 31.6 Å². The van der Waals surface area contributed by atoms with E-state index in [-0.39, 0.29) is 12.6 Å². The zero-order valence-corrected chi connectivity index (χ0v) is 11.0. The summed E-state index contributed by atoms with van der Waals surface area (Å²) in [6.07, 6.45) is 0. The fourth-order valence-electron chi connectivity index (χ4n) is 2.33. The number of esters is 1. The van der Waals surface area contributed by atoms with Crippen molar-refractivity contribution in [1.29, 1.82) is 5.26 Å². The summed E-state index contributed by atoms with van der Waals surface area (Å²) in [7, 11) is 1.36. The first-order chi connectivity index (χ1) is 9.19. The van der Waals surface area contributed by atoms with Crippen LogP contribution in [-0.2, 0) is 14.3 Å². The Morgan fingerprint density at radius 3 is 3.05 bits per heavy atom. The number of anilines is 1. The minimum atomic E-state index is -0.494. The third kappa shape index (κ3) is 2.54. The molecule has 1 atom stereocenters. The Bertz CT molecular complexity index is 522. The highest BCUT2D eigenvalue weighted by Crippen LogP contribution is 2.28. The Hall–Kier alpha value is -2.06. The highest BCUT2D eigenvalue weighted by atomic mass is 16.5. The van der Waals surface area contributed by atoms with Crippen LogP contribution >= 0.6 is 0 Å². The molecule has 0 amide bonds. The lowest BCUT2D eigenvalue weighted by Gasteiger charge is -2.36. The zero-order chi connectivity index (χ0) is 13.8. The molecule has 19 heavy (non-hydrogen) atoms. The number of hydrogen-bond donors (Lipinski definition) is 0. The first-order valence-corrected chi connectivity index (χ1v) is 6.11. The number of nitrogens with zero attached hydrogens (tertiary/aromatic N) is 2. The SMILES string of the molecule is COC(=O)C1COCCN1c1c(C)cccc1C#N. The number of carbonyl (C=O) groups is 1. The number of para-hydroxylation sites is 1. The van der Waals surface area contributed by atoms with E-state index in [0.717, 1.165) is 11.3 Å². The number of rotatable bonds is 2. The van der Waals surface area contributed by atoms with E-state index in [2.05, 4.69) is 6.07 Å². The van der Waals surface area contributed by atoms with Crippen molar-refractivity contribution in [3.8, 4) is 6.07 Å². The first kappa shape index (κ1) is 13.4. The Balaban J connectivity index is 2.43. The molecule has 1 aliphatic heterocycles. The second-order valence-corrected chi connectivity index (χ2v) is 4.39. The monoisotopic (exact) mass is 260 g/mol. The molecule has 0 radical (unpaired) electrons. The number of benzene rings is 1. The third-order valence-electron chi connectivity index (χ3n) is 3.25. The van der Waals surface area contributed by atoms with Crippen LogP contribution in [0.2, 0.25) is 0 Å². The molecule has 5 heteroatoms. The highest BCUT2D eigenvalue weighted by molar-refractivity contribution is 5.82. The zero-order valence-electron chi connectivity index (χ0n) is 11.0. The number of carbonyl (C=O) groups excluding carboxylic acids is 1. The molecular formula is C14H16N2O3. The van der Waals surface area contributed by atoms with Crippen LogP contribution in [0.3, 0.4) is 0 Å². The lowest BCUT2D eigenvalue weighted by Crippen LogP contribution is -2.51. The molecule has 5 nitrogen and oxygen atoms in total. The van der Waals surface area contributed by atoms with Crippen LogP contribution < -0.4 is 4.90 Å². The van der Waals surface area contributed by atoms with E-state index in [1.165, 1.54) is 7.11 Å². The summed E-state index contributed by atoms with van der Waals surface area (Å²) < 4.78 is 10.2. The van der Waals surface area contributed by atoms with Gasteiger partial charge in [0.1, 0.15) is 6.07 Å². The van der Waals surface area contributed by atoms with Gasteiger partial charge in [-0.3, -0.25) is 0 Å². The molecule has 1 aromatic carbocycles. The molecule has 1 aromatic rings. The molecule has 0 aliphatic carbocycles. The molecule has 1 fully saturated rings. The van der Waals surface area contributed by atoms with E-state index in [9.17, 15) is 10.1 Å². The standard InChI is InChI=1S/C14H16N2O3/c1-10-4-3-5-11(8-15)13(10)16-6-7-19-9-12(16)14(17)18-2/h3-5,12H,6-7,9H2,1-2H3. The molecule has 0 N–H and O–H groups in total. The van der Waals surface area contributed by atoms with Crippen molar-refractivity contribution in [2.45, 2.75) is 13.0 Å². The summed E-state index contributed by atoms with van der Waals surface area (Å²) in [5.74, 6) is -0.341. The van der Waals surface area contributed by atoms with Crippen molar-refractivity contribution < 1.29 is 14.3 Å². The Morgan fingerprint density at radius 1 is 1.58 bits per heavy atom. The largest absolute Gasteiger partial charge is 0.467 e. The van der Waals surface area contributed by atoms with Gasteiger partial charge in [0, 0.05) is 6.54 Å². The summed E-state index contributed by atoms with van der Waals surface area (Å²) in [6, 6.07) is 7.21. The average molecular weight is 260 g/mol. The van der Waals surface area contributed by atoms with Gasteiger partial charge in [-0.1, -0.05) is 12.1 Å². The molecule has 1 aliphatic rings. The second-order valence-electron chi connectivity index (χ2n) is 4.39. The van der Waals surface area contributed by atoms with Crippen LogP contribution in [-0.4, -0.2) is 38.9 Å². The topological polar surface area (TPSA) is 62.6 Å². The first-order valence-electron chi connectivity index (χ1n) is 6.11. The summed E-state index contributed by atoms with van der Waals surface area (Å²) in [4.78, 5) is 13.7. The number of ether oxygens (including phenoxy) is 2. The summed E-state index contributed by atoms with van der Waals surface area (Å²) >= 11 is 0. The number of nitriles is 1. The maximum Gasteiger partial charge on any atom is 0.330 e. The second kappa shape index (κ2) is 5.72. The number of methoxy groups -OCH3 is 1. The van der Waals surface area contributed by atoms with Crippen LogP contribution in [0.5, 0.6) is 0 Å². The Morgan fingerprint density at radius 2 is 2.37 bits per heavy atom. The van der Waals surface area contributed by atoms with Gasteiger partial charge in [-0.15, -0.1) is 0 Å². The molecular weight excluding hydrogens is 244 g/mol. The lowest BCUT2D eigenvalue weighted by atomic mass is 10.0. The maximum atomic E-state index is 11.8. The Kier molecular flexibility index (Phi) is 4.03. The average Bonchev–Trinajstić information content (AvgIpc) is 2.46. The maximum absolute atomic E-state index is 11.8. The number of aryl methyl sites for hydroxylation is 1. The summed E-state index contributed by atoms with van der Waals surface area (Å²) in [5, 5.41) is 9.23. The lowest BCUT2D eigenvalue weighted by molar-refractivity contribution is -0.144. The molecule has 0 spiro atoms.